The van der Waals surface area contributed by atoms with E-state index >= 15 is 0 Å². The molecule has 1 saturated heterocycles. The molecule has 1 atom stereocenters. The van der Waals surface area contributed by atoms with Crippen LogP contribution in [-0.2, 0) is 0 Å². The van der Waals surface area contributed by atoms with Gasteiger partial charge in [-0.2, -0.15) is 0 Å². The fraction of sp³-hybridized carbons (Fsp3) is 0.692. The average Bonchev–Trinajstić information content (AvgIpc) is 2.29. The molecule has 90 valence electrons. The topological polar surface area (TPSA) is 3.24 Å². The van der Waals surface area contributed by atoms with E-state index in [1.165, 1.54) is 5.70 Å². The maximum Gasteiger partial charge on any atom is 0.241 e. The fourth-order valence-corrected chi connectivity index (χ4v) is 2.44. The molecular formula is C13H19F2N. The van der Waals surface area contributed by atoms with Crippen LogP contribution in [0.3, 0.4) is 0 Å². The summed E-state index contributed by atoms with van der Waals surface area (Å²) in [6.07, 6.45) is 6.76. The van der Waals surface area contributed by atoms with Crippen molar-refractivity contribution in [2.45, 2.75) is 32.6 Å². The second-order valence-electron chi connectivity index (χ2n) is 4.87. The number of alkyl halides is 2. The number of halogens is 2. The highest BCUT2D eigenvalue weighted by Crippen LogP contribution is 2.27. The van der Waals surface area contributed by atoms with Crippen molar-refractivity contribution >= 4 is 0 Å². The normalized spacial score (nSPS) is 27.4. The third-order valence-electron chi connectivity index (χ3n) is 3.51. The lowest BCUT2D eigenvalue weighted by Crippen LogP contribution is -2.35. The summed E-state index contributed by atoms with van der Waals surface area (Å²) in [6, 6.07) is 0. The van der Waals surface area contributed by atoms with Gasteiger partial charge in [0, 0.05) is 24.7 Å². The molecule has 1 heterocycles. The third kappa shape index (κ3) is 2.63. The van der Waals surface area contributed by atoms with Crippen LogP contribution in [0.1, 0.15) is 26.2 Å². The quantitative estimate of drug-likeness (QED) is 0.698. The van der Waals surface area contributed by atoms with E-state index in [9.17, 15) is 8.78 Å². The van der Waals surface area contributed by atoms with E-state index in [-0.39, 0.29) is 5.92 Å². The predicted molar refractivity (Wildman–Crippen MR) is 61.3 cm³/mol. The Morgan fingerprint density at radius 3 is 2.56 bits per heavy atom. The minimum atomic E-state index is -2.14. The van der Waals surface area contributed by atoms with Crippen molar-refractivity contribution in [3.63, 3.8) is 0 Å². The predicted octanol–water partition coefficient (Wildman–Crippen LogP) is 3.44. The molecule has 2 rings (SSSR count). The first-order valence-corrected chi connectivity index (χ1v) is 6.08. The molecule has 1 unspecified atom stereocenters. The monoisotopic (exact) mass is 227 g/mol. The Hall–Kier alpha value is -0.860. The van der Waals surface area contributed by atoms with Crippen molar-refractivity contribution in [3.05, 3.63) is 23.9 Å². The number of hydrogen-bond donors (Lipinski definition) is 0. The molecule has 0 N–H and O–H groups in total. The van der Waals surface area contributed by atoms with Crippen molar-refractivity contribution in [2.75, 3.05) is 13.1 Å². The van der Waals surface area contributed by atoms with Crippen LogP contribution < -0.4 is 0 Å². The highest BCUT2D eigenvalue weighted by atomic mass is 19.3. The van der Waals surface area contributed by atoms with Crippen LogP contribution in [0.25, 0.3) is 0 Å². The third-order valence-corrected chi connectivity index (χ3v) is 3.51. The molecule has 0 amide bonds. The van der Waals surface area contributed by atoms with Crippen molar-refractivity contribution < 1.29 is 8.78 Å². The molecule has 0 bridgehead atoms. The van der Waals surface area contributed by atoms with Gasteiger partial charge in [-0.15, -0.1) is 0 Å². The fourth-order valence-electron chi connectivity index (χ4n) is 2.44. The van der Waals surface area contributed by atoms with E-state index in [0.29, 0.717) is 18.8 Å². The van der Waals surface area contributed by atoms with Gasteiger partial charge in [0.2, 0.25) is 6.43 Å². The largest absolute Gasteiger partial charge is 0.372 e. The first-order chi connectivity index (χ1) is 7.66. The van der Waals surface area contributed by atoms with Gasteiger partial charge < -0.3 is 4.90 Å². The number of nitrogens with zero attached hydrogens (tertiary/aromatic N) is 1. The van der Waals surface area contributed by atoms with Crippen LogP contribution in [0.2, 0.25) is 0 Å². The average molecular weight is 227 g/mol. The van der Waals surface area contributed by atoms with Crippen molar-refractivity contribution in [2.24, 2.45) is 11.8 Å². The molecular weight excluding hydrogens is 208 g/mol. The number of piperidine rings is 1. The summed E-state index contributed by atoms with van der Waals surface area (Å²) in [5, 5.41) is 0. The van der Waals surface area contributed by atoms with Gasteiger partial charge in [-0.05, 0) is 31.3 Å². The molecule has 0 aromatic rings. The van der Waals surface area contributed by atoms with Gasteiger partial charge in [0.1, 0.15) is 0 Å². The van der Waals surface area contributed by atoms with Gasteiger partial charge >= 0.3 is 0 Å². The number of rotatable bonds is 2. The Morgan fingerprint density at radius 1 is 1.31 bits per heavy atom. The molecule has 3 heteroatoms. The summed E-state index contributed by atoms with van der Waals surface area (Å²) < 4.78 is 25.0. The Labute approximate surface area is 95.8 Å². The molecule has 0 radical (unpaired) electrons. The Morgan fingerprint density at radius 2 is 2.00 bits per heavy atom. The van der Waals surface area contributed by atoms with Crippen molar-refractivity contribution in [1.82, 2.24) is 4.90 Å². The molecule has 0 aromatic heterocycles. The highest BCUT2D eigenvalue weighted by molar-refractivity contribution is 5.23. The van der Waals surface area contributed by atoms with Gasteiger partial charge in [0.15, 0.2) is 0 Å². The van der Waals surface area contributed by atoms with Crippen LogP contribution in [-0.4, -0.2) is 24.4 Å². The van der Waals surface area contributed by atoms with Crippen LogP contribution in [0.15, 0.2) is 23.9 Å². The Bertz CT molecular complexity index is 288. The number of hydrogen-bond acceptors (Lipinski definition) is 1. The second kappa shape index (κ2) is 4.98. The zero-order valence-corrected chi connectivity index (χ0v) is 9.70. The minimum Gasteiger partial charge on any atom is -0.372 e. The van der Waals surface area contributed by atoms with Crippen LogP contribution in [0.5, 0.6) is 0 Å². The van der Waals surface area contributed by atoms with E-state index in [4.69, 9.17) is 0 Å². The van der Waals surface area contributed by atoms with E-state index in [1.807, 2.05) is 0 Å². The first-order valence-electron chi connectivity index (χ1n) is 6.08. The number of likely N-dealkylation sites (tertiary alicyclic amines) is 1. The molecule has 0 spiro atoms. The molecule has 2 aliphatic rings. The first kappa shape index (κ1) is 11.6. The van der Waals surface area contributed by atoms with E-state index in [2.05, 4.69) is 30.1 Å². The molecule has 0 saturated carbocycles. The molecule has 0 aromatic carbocycles. The smallest absolute Gasteiger partial charge is 0.241 e. The Kier molecular flexibility index (Phi) is 3.62. The van der Waals surface area contributed by atoms with Gasteiger partial charge in [0.05, 0.1) is 0 Å². The zero-order valence-electron chi connectivity index (χ0n) is 9.70. The number of allylic oxidation sites excluding steroid dienone is 3. The summed E-state index contributed by atoms with van der Waals surface area (Å²) in [6.45, 7) is 3.74. The van der Waals surface area contributed by atoms with E-state index in [0.717, 1.165) is 19.5 Å². The maximum atomic E-state index is 12.5. The minimum absolute atomic E-state index is 0.387. The molecule has 16 heavy (non-hydrogen) atoms. The second-order valence-corrected chi connectivity index (χ2v) is 4.87. The summed E-state index contributed by atoms with van der Waals surface area (Å²) in [5.74, 6) is 0.190. The summed E-state index contributed by atoms with van der Waals surface area (Å²) >= 11 is 0. The highest BCUT2D eigenvalue weighted by Gasteiger charge is 2.26. The lowest BCUT2D eigenvalue weighted by Gasteiger charge is -2.35. The summed E-state index contributed by atoms with van der Waals surface area (Å²) in [4.78, 5) is 2.24. The van der Waals surface area contributed by atoms with Crippen LogP contribution in [0, 0.1) is 11.8 Å². The van der Waals surface area contributed by atoms with Crippen LogP contribution in [0.4, 0.5) is 8.78 Å². The molecule has 1 nitrogen and oxygen atoms in total. The van der Waals surface area contributed by atoms with Gasteiger partial charge in [-0.25, -0.2) is 8.78 Å². The zero-order chi connectivity index (χ0) is 11.5. The van der Waals surface area contributed by atoms with Gasteiger partial charge in [-0.3, -0.25) is 0 Å². The van der Waals surface area contributed by atoms with Crippen LogP contribution >= 0.6 is 0 Å². The molecule has 1 fully saturated rings. The SMILES string of the molecule is CC1C=C(N2CCC(C(F)F)CC2)C=CC1. The summed E-state index contributed by atoms with van der Waals surface area (Å²) in [7, 11) is 0. The Balaban J connectivity index is 1.91. The lowest BCUT2D eigenvalue weighted by molar-refractivity contribution is 0.0425. The van der Waals surface area contributed by atoms with E-state index < -0.39 is 6.43 Å². The molecule has 1 aliphatic heterocycles. The lowest BCUT2D eigenvalue weighted by atomic mass is 9.95. The van der Waals surface area contributed by atoms with E-state index in [1.54, 1.807) is 0 Å². The van der Waals surface area contributed by atoms with Gasteiger partial charge in [0.25, 0.3) is 0 Å². The standard InChI is InChI=1S/C13H19F2N/c1-10-3-2-4-12(9-10)16-7-5-11(6-8-16)13(14)15/h2,4,9-11,13H,3,5-8H2,1H3. The van der Waals surface area contributed by atoms with Crippen molar-refractivity contribution in [1.29, 1.82) is 0 Å². The van der Waals surface area contributed by atoms with Gasteiger partial charge in [-0.1, -0.05) is 19.1 Å². The molecule has 1 aliphatic carbocycles. The maximum absolute atomic E-state index is 12.5. The summed E-state index contributed by atoms with van der Waals surface area (Å²) in [5.41, 5.74) is 1.23. The van der Waals surface area contributed by atoms with Crippen molar-refractivity contribution in [3.8, 4) is 0 Å².